The summed E-state index contributed by atoms with van der Waals surface area (Å²) in [6.45, 7) is 4.41. The van der Waals surface area contributed by atoms with Crippen molar-refractivity contribution in [3.63, 3.8) is 0 Å². The maximum absolute atomic E-state index is 14.3. The molecule has 0 radical (unpaired) electrons. The fourth-order valence-electron chi connectivity index (χ4n) is 2.88. The van der Waals surface area contributed by atoms with E-state index in [-0.39, 0.29) is 11.4 Å². The van der Waals surface area contributed by atoms with E-state index in [0.29, 0.717) is 43.7 Å². The second-order valence-corrected chi connectivity index (χ2v) is 9.07. The summed E-state index contributed by atoms with van der Waals surface area (Å²) < 4.78 is 39.0. The van der Waals surface area contributed by atoms with Crippen LogP contribution in [0.2, 0.25) is 0 Å². The summed E-state index contributed by atoms with van der Waals surface area (Å²) in [6, 6.07) is 1.70. The number of thioether (sulfide) groups is 1. The quantitative estimate of drug-likeness (QED) is 0.534. The summed E-state index contributed by atoms with van der Waals surface area (Å²) in [5, 5.41) is 0.527. The Labute approximate surface area is 162 Å². The molecule has 1 saturated heterocycles. The molecule has 0 amide bonds. The van der Waals surface area contributed by atoms with Crippen LogP contribution in [-0.4, -0.2) is 76.2 Å². The molecule has 146 valence electrons. The third-order valence-electron chi connectivity index (χ3n) is 4.25. The molecular weight excluding hydrogens is 391 g/mol. The number of rotatable bonds is 5. The predicted octanol–water partition coefficient (Wildman–Crippen LogP) is 1.18. The predicted molar refractivity (Wildman–Crippen MR) is 101 cm³/mol. The van der Waals surface area contributed by atoms with Crippen molar-refractivity contribution in [1.82, 2.24) is 29.1 Å². The van der Waals surface area contributed by atoms with Crippen LogP contribution in [0.25, 0.3) is 11.4 Å². The summed E-state index contributed by atoms with van der Waals surface area (Å²) in [5.74, 6) is 0.157. The van der Waals surface area contributed by atoms with Crippen LogP contribution in [0.1, 0.15) is 11.4 Å². The molecule has 0 aromatic carbocycles. The van der Waals surface area contributed by atoms with Gasteiger partial charge < -0.3 is 0 Å². The van der Waals surface area contributed by atoms with Gasteiger partial charge >= 0.3 is 0 Å². The van der Waals surface area contributed by atoms with Gasteiger partial charge in [0.2, 0.25) is 16.0 Å². The first-order valence-corrected chi connectivity index (χ1v) is 11.4. The smallest absolute Gasteiger partial charge is 0.223 e. The van der Waals surface area contributed by atoms with Crippen molar-refractivity contribution in [2.75, 3.05) is 38.7 Å². The molecular formula is C16H21FN6O2S2. The maximum atomic E-state index is 14.3. The second kappa shape index (κ2) is 8.13. The van der Waals surface area contributed by atoms with E-state index in [1.54, 1.807) is 13.0 Å². The average Bonchev–Trinajstić information content (AvgIpc) is 2.62. The molecule has 0 N–H and O–H groups in total. The summed E-state index contributed by atoms with van der Waals surface area (Å²) >= 11 is 1.37. The standard InChI is InChI=1S/C16H21FN6O2S2/c1-11-19-15(21-16(20-11)26-2)13-8-12(9-18-14(13)17)10-22-4-6-23(7-5-22)27(3,24)25/h8-9H,4-7,10H2,1-3H3. The lowest BCUT2D eigenvalue weighted by atomic mass is 10.1. The number of pyridine rings is 1. The average molecular weight is 413 g/mol. The van der Waals surface area contributed by atoms with E-state index in [9.17, 15) is 12.8 Å². The molecule has 0 aliphatic carbocycles. The molecule has 1 aliphatic heterocycles. The summed E-state index contributed by atoms with van der Waals surface area (Å²) in [7, 11) is -3.16. The fraction of sp³-hybridized carbons (Fsp3) is 0.500. The Morgan fingerprint density at radius 2 is 1.89 bits per heavy atom. The molecule has 1 fully saturated rings. The van der Waals surface area contributed by atoms with E-state index >= 15 is 0 Å². The van der Waals surface area contributed by atoms with Gasteiger partial charge in [-0.15, -0.1) is 0 Å². The van der Waals surface area contributed by atoms with Gasteiger partial charge in [0, 0.05) is 38.9 Å². The number of piperazine rings is 1. The molecule has 1 aliphatic rings. The Balaban J connectivity index is 1.78. The van der Waals surface area contributed by atoms with Crippen LogP contribution in [-0.2, 0) is 16.6 Å². The molecule has 0 spiro atoms. The summed E-state index contributed by atoms with van der Waals surface area (Å²) in [4.78, 5) is 18.7. The highest BCUT2D eigenvalue weighted by Crippen LogP contribution is 2.22. The Bertz CT molecular complexity index is 933. The van der Waals surface area contributed by atoms with E-state index in [4.69, 9.17) is 0 Å². The zero-order valence-corrected chi connectivity index (χ0v) is 17.0. The number of nitrogens with zero attached hydrogens (tertiary/aromatic N) is 6. The molecule has 3 heterocycles. The van der Waals surface area contributed by atoms with Gasteiger partial charge in [0.1, 0.15) is 5.82 Å². The fourth-order valence-corrected chi connectivity index (χ4v) is 4.11. The monoisotopic (exact) mass is 412 g/mol. The van der Waals surface area contributed by atoms with E-state index in [2.05, 4.69) is 24.8 Å². The molecule has 2 aromatic heterocycles. The second-order valence-electron chi connectivity index (χ2n) is 6.31. The lowest BCUT2D eigenvalue weighted by molar-refractivity contribution is 0.182. The van der Waals surface area contributed by atoms with E-state index in [1.807, 2.05) is 6.26 Å². The molecule has 27 heavy (non-hydrogen) atoms. The van der Waals surface area contributed by atoms with Gasteiger partial charge in [-0.05, 0) is 24.8 Å². The third-order valence-corrected chi connectivity index (χ3v) is 6.10. The molecule has 3 rings (SSSR count). The number of aromatic nitrogens is 4. The molecule has 0 unspecified atom stereocenters. The molecule has 0 bridgehead atoms. The SMILES string of the molecule is CSc1nc(C)nc(-c2cc(CN3CCN(S(C)(=O)=O)CC3)cnc2F)n1. The number of sulfonamides is 1. The van der Waals surface area contributed by atoms with Gasteiger partial charge in [-0.1, -0.05) is 11.8 Å². The molecule has 0 saturated carbocycles. The zero-order valence-electron chi connectivity index (χ0n) is 15.4. The molecule has 8 nitrogen and oxygen atoms in total. The number of hydrogen-bond donors (Lipinski definition) is 0. The highest BCUT2D eigenvalue weighted by Gasteiger charge is 2.23. The van der Waals surface area contributed by atoms with Crippen LogP contribution in [0.5, 0.6) is 0 Å². The highest BCUT2D eigenvalue weighted by atomic mass is 32.2. The Morgan fingerprint density at radius 1 is 1.19 bits per heavy atom. The van der Waals surface area contributed by atoms with Gasteiger partial charge in [-0.3, -0.25) is 4.90 Å². The maximum Gasteiger partial charge on any atom is 0.223 e. The van der Waals surface area contributed by atoms with Gasteiger partial charge in [0.25, 0.3) is 0 Å². The summed E-state index contributed by atoms with van der Waals surface area (Å²) in [6.07, 6.45) is 4.56. The Morgan fingerprint density at radius 3 is 2.52 bits per heavy atom. The minimum atomic E-state index is -3.16. The van der Waals surface area contributed by atoms with E-state index < -0.39 is 16.0 Å². The van der Waals surface area contributed by atoms with Gasteiger partial charge in [0.15, 0.2) is 11.0 Å². The van der Waals surface area contributed by atoms with Crippen LogP contribution in [0.4, 0.5) is 4.39 Å². The molecule has 0 atom stereocenters. The van der Waals surface area contributed by atoms with Crippen LogP contribution < -0.4 is 0 Å². The Hall–Kier alpha value is -1.69. The normalized spacial score (nSPS) is 16.6. The highest BCUT2D eigenvalue weighted by molar-refractivity contribution is 7.98. The van der Waals surface area contributed by atoms with Crippen LogP contribution in [0, 0.1) is 12.9 Å². The van der Waals surface area contributed by atoms with Crippen LogP contribution in [0.15, 0.2) is 17.4 Å². The van der Waals surface area contributed by atoms with E-state index in [1.165, 1.54) is 28.5 Å². The van der Waals surface area contributed by atoms with Crippen LogP contribution >= 0.6 is 11.8 Å². The van der Waals surface area contributed by atoms with Crippen molar-refractivity contribution >= 4 is 21.8 Å². The van der Waals surface area contributed by atoms with Crippen LogP contribution in [0.3, 0.4) is 0 Å². The first-order valence-electron chi connectivity index (χ1n) is 8.35. The number of halogens is 1. The minimum Gasteiger partial charge on any atom is -0.296 e. The van der Waals surface area contributed by atoms with E-state index in [0.717, 1.165) is 5.56 Å². The van der Waals surface area contributed by atoms with Crippen molar-refractivity contribution < 1.29 is 12.8 Å². The number of hydrogen-bond acceptors (Lipinski definition) is 8. The first kappa shape index (κ1) is 20.1. The zero-order chi connectivity index (χ0) is 19.6. The van der Waals surface area contributed by atoms with Gasteiger partial charge in [-0.25, -0.2) is 28.4 Å². The largest absolute Gasteiger partial charge is 0.296 e. The van der Waals surface area contributed by atoms with Crippen molar-refractivity contribution in [3.8, 4) is 11.4 Å². The Kier molecular flexibility index (Phi) is 6.04. The first-order chi connectivity index (χ1) is 12.8. The van der Waals surface area contributed by atoms with Crippen molar-refractivity contribution in [1.29, 1.82) is 0 Å². The minimum absolute atomic E-state index is 0.239. The third kappa shape index (κ3) is 4.98. The summed E-state index contributed by atoms with van der Waals surface area (Å²) in [5.41, 5.74) is 1.06. The van der Waals surface area contributed by atoms with Crippen molar-refractivity contribution in [2.24, 2.45) is 0 Å². The van der Waals surface area contributed by atoms with Crippen molar-refractivity contribution in [2.45, 2.75) is 18.6 Å². The number of aryl methyl sites for hydroxylation is 1. The lowest BCUT2D eigenvalue weighted by Gasteiger charge is -2.33. The topological polar surface area (TPSA) is 92.2 Å². The van der Waals surface area contributed by atoms with Crippen molar-refractivity contribution in [3.05, 3.63) is 29.6 Å². The van der Waals surface area contributed by atoms with Gasteiger partial charge in [0.05, 0.1) is 11.8 Å². The molecule has 11 heteroatoms. The molecule has 2 aromatic rings. The lowest BCUT2D eigenvalue weighted by Crippen LogP contribution is -2.47. The van der Waals surface area contributed by atoms with Gasteiger partial charge in [-0.2, -0.15) is 8.70 Å².